The Morgan fingerprint density at radius 3 is 2.07 bits per heavy atom. The minimum atomic E-state index is -5.07. The number of benzene rings is 1. The number of carboxylic acid groups (broad SMARTS) is 1. The van der Waals surface area contributed by atoms with Crippen LogP contribution < -0.4 is 5.32 Å². The molecular formula is C14H10F6N4O3. The predicted molar refractivity (Wildman–Crippen MR) is 75.3 cm³/mol. The first-order valence-electron chi connectivity index (χ1n) is 7.05. The molecule has 0 bridgehead atoms. The van der Waals surface area contributed by atoms with Crippen molar-refractivity contribution in [1.29, 1.82) is 0 Å². The van der Waals surface area contributed by atoms with E-state index in [1.807, 2.05) is 0 Å². The van der Waals surface area contributed by atoms with Gasteiger partial charge in [-0.3, -0.25) is 9.59 Å². The maximum absolute atomic E-state index is 12.8. The number of carbonyl (C=O) groups excluding carboxylic acids is 1. The van der Waals surface area contributed by atoms with Crippen LogP contribution in [0.1, 0.15) is 27.2 Å². The van der Waals surface area contributed by atoms with Crippen molar-refractivity contribution in [2.24, 2.45) is 0 Å². The maximum atomic E-state index is 12.8. The number of nitrogens with zero attached hydrogens (tertiary/aromatic N) is 3. The van der Waals surface area contributed by atoms with E-state index in [9.17, 15) is 35.9 Å². The Labute approximate surface area is 146 Å². The second-order valence-corrected chi connectivity index (χ2v) is 5.28. The van der Waals surface area contributed by atoms with Crippen LogP contribution in [-0.2, 0) is 30.2 Å². The van der Waals surface area contributed by atoms with Crippen molar-refractivity contribution in [3.05, 3.63) is 46.8 Å². The second-order valence-electron chi connectivity index (χ2n) is 5.28. The van der Waals surface area contributed by atoms with E-state index in [4.69, 9.17) is 5.11 Å². The van der Waals surface area contributed by atoms with Gasteiger partial charge in [-0.15, -0.1) is 5.10 Å². The Morgan fingerprint density at radius 2 is 1.59 bits per heavy atom. The maximum Gasteiger partial charge on any atom is 0.416 e. The molecule has 0 saturated carbocycles. The van der Waals surface area contributed by atoms with Crippen LogP contribution in [-0.4, -0.2) is 32.0 Å². The molecule has 2 aromatic rings. The Morgan fingerprint density at radius 1 is 1.04 bits per heavy atom. The zero-order chi connectivity index (χ0) is 20.4. The molecule has 1 aromatic carbocycles. The first-order chi connectivity index (χ1) is 12.4. The lowest BCUT2D eigenvalue weighted by atomic mass is 10.0. The van der Waals surface area contributed by atoms with E-state index in [1.54, 1.807) is 0 Å². The molecule has 0 aliphatic carbocycles. The van der Waals surface area contributed by atoms with Gasteiger partial charge in [0.05, 0.1) is 23.9 Å². The Kier molecular flexibility index (Phi) is 5.42. The lowest BCUT2D eigenvalue weighted by Crippen LogP contribution is -2.24. The molecule has 0 radical (unpaired) electrons. The van der Waals surface area contributed by atoms with E-state index in [-0.39, 0.29) is 18.3 Å². The molecule has 2 rings (SSSR count). The largest absolute Gasteiger partial charge is 0.480 e. The molecule has 1 amide bonds. The number of amides is 1. The summed E-state index contributed by atoms with van der Waals surface area (Å²) in [5.41, 5.74) is -4.01. The average Bonchev–Trinajstić information content (AvgIpc) is 2.97. The van der Waals surface area contributed by atoms with E-state index in [1.165, 1.54) is 0 Å². The smallest absolute Gasteiger partial charge is 0.416 e. The number of halogens is 6. The van der Waals surface area contributed by atoms with E-state index in [2.05, 4.69) is 15.6 Å². The van der Waals surface area contributed by atoms with Gasteiger partial charge in [-0.2, -0.15) is 26.3 Å². The van der Waals surface area contributed by atoms with Crippen molar-refractivity contribution in [2.45, 2.75) is 25.4 Å². The number of hydrogen-bond acceptors (Lipinski definition) is 4. The number of aromatic nitrogens is 3. The third-order valence-corrected chi connectivity index (χ3v) is 3.16. The van der Waals surface area contributed by atoms with Gasteiger partial charge in [0.25, 0.3) is 5.91 Å². The standard InChI is InChI=1S/C14H10F6N4O3/c15-13(16,17)8-1-7(2-9(3-8)14(18,19)20)12(27)21-4-10-5-24(23-22-10)6-11(25)26/h1-3,5H,4,6H2,(H,21,27)(H,25,26). The molecule has 2 N–H and O–H groups in total. The number of aliphatic carboxylic acids is 1. The number of carboxylic acids is 1. The fourth-order valence-corrected chi connectivity index (χ4v) is 1.99. The highest BCUT2D eigenvalue weighted by atomic mass is 19.4. The zero-order valence-electron chi connectivity index (χ0n) is 13.1. The third kappa shape index (κ3) is 5.43. The number of carbonyl (C=O) groups is 2. The second kappa shape index (κ2) is 7.25. The van der Waals surface area contributed by atoms with Gasteiger partial charge in [0.2, 0.25) is 0 Å². The summed E-state index contributed by atoms with van der Waals surface area (Å²) < 4.78 is 77.7. The molecule has 0 fully saturated rings. The molecule has 0 saturated heterocycles. The Hall–Kier alpha value is -3.12. The first kappa shape index (κ1) is 20.2. The summed E-state index contributed by atoms with van der Waals surface area (Å²) in [5.74, 6) is -2.40. The lowest BCUT2D eigenvalue weighted by Gasteiger charge is -2.14. The normalized spacial score (nSPS) is 12.1. The van der Waals surface area contributed by atoms with Gasteiger partial charge < -0.3 is 10.4 Å². The van der Waals surface area contributed by atoms with Gasteiger partial charge in [0.1, 0.15) is 12.2 Å². The van der Waals surface area contributed by atoms with E-state index >= 15 is 0 Å². The average molecular weight is 396 g/mol. The zero-order valence-corrected chi connectivity index (χ0v) is 13.1. The molecule has 27 heavy (non-hydrogen) atoms. The third-order valence-electron chi connectivity index (χ3n) is 3.16. The highest BCUT2D eigenvalue weighted by Gasteiger charge is 2.37. The van der Waals surface area contributed by atoms with Crippen molar-refractivity contribution in [3.63, 3.8) is 0 Å². The quantitative estimate of drug-likeness (QED) is 0.757. The lowest BCUT2D eigenvalue weighted by molar-refractivity contribution is -0.143. The Balaban J connectivity index is 2.20. The van der Waals surface area contributed by atoms with Gasteiger partial charge in [-0.05, 0) is 18.2 Å². The molecule has 13 heteroatoms. The number of hydrogen-bond donors (Lipinski definition) is 2. The van der Waals surface area contributed by atoms with Crippen LogP contribution in [0.5, 0.6) is 0 Å². The van der Waals surface area contributed by atoms with E-state index in [0.29, 0.717) is 12.1 Å². The van der Waals surface area contributed by atoms with Gasteiger partial charge >= 0.3 is 18.3 Å². The summed E-state index contributed by atoms with van der Waals surface area (Å²) in [5, 5.41) is 17.6. The monoisotopic (exact) mass is 396 g/mol. The van der Waals surface area contributed by atoms with Crippen molar-refractivity contribution >= 4 is 11.9 Å². The Bertz CT molecular complexity index is 827. The van der Waals surface area contributed by atoms with Crippen LogP contribution in [0.3, 0.4) is 0 Å². The van der Waals surface area contributed by atoms with E-state index in [0.717, 1.165) is 10.9 Å². The topological polar surface area (TPSA) is 97.1 Å². The molecule has 0 unspecified atom stereocenters. The van der Waals surface area contributed by atoms with E-state index < -0.39 is 47.5 Å². The molecule has 7 nitrogen and oxygen atoms in total. The van der Waals surface area contributed by atoms with Gasteiger partial charge in [-0.1, -0.05) is 5.21 Å². The first-order valence-corrected chi connectivity index (χ1v) is 7.05. The fourth-order valence-electron chi connectivity index (χ4n) is 1.99. The molecule has 0 spiro atoms. The summed E-state index contributed by atoms with van der Waals surface area (Å²) in [6.45, 7) is -0.889. The number of alkyl halides is 6. The van der Waals surface area contributed by atoms with Gasteiger partial charge in [0.15, 0.2) is 0 Å². The summed E-state index contributed by atoms with van der Waals surface area (Å²) in [6.07, 6.45) is -8.99. The molecule has 146 valence electrons. The van der Waals surface area contributed by atoms with Crippen molar-refractivity contribution in [2.75, 3.05) is 0 Å². The SMILES string of the molecule is O=C(O)Cn1cc(CNC(=O)c2cc(C(F)(F)F)cc(C(F)(F)F)c2)nn1. The van der Waals surface area contributed by atoms with Crippen LogP contribution in [0, 0.1) is 0 Å². The summed E-state index contributed by atoms with van der Waals surface area (Å²) in [6, 6.07) is 0.506. The minimum Gasteiger partial charge on any atom is -0.480 e. The van der Waals surface area contributed by atoms with Crippen LogP contribution in [0.25, 0.3) is 0 Å². The van der Waals surface area contributed by atoms with Crippen molar-refractivity contribution < 1.29 is 41.0 Å². The van der Waals surface area contributed by atoms with Crippen LogP contribution in [0.4, 0.5) is 26.3 Å². The minimum absolute atomic E-state index is 0.0626. The number of nitrogens with one attached hydrogen (secondary N) is 1. The van der Waals surface area contributed by atoms with Crippen LogP contribution in [0.15, 0.2) is 24.4 Å². The van der Waals surface area contributed by atoms with Crippen LogP contribution in [0.2, 0.25) is 0 Å². The summed E-state index contributed by atoms with van der Waals surface area (Å²) in [7, 11) is 0. The molecule has 0 atom stereocenters. The predicted octanol–water partition coefficient (Wildman–Crippen LogP) is 2.33. The van der Waals surface area contributed by atoms with Crippen molar-refractivity contribution in [3.8, 4) is 0 Å². The number of rotatable bonds is 5. The van der Waals surface area contributed by atoms with Crippen LogP contribution >= 0.6 is 0 Å². The molecule has 0 aliphatic heterocycles. The fraction of sp³-hybridized carbons (Fsp3) is 0.286. The summed E-state index contributed by atoms with van der Waals surface area (Å²) in [4.78, 5) is 22.5. The highest BCUT2D eigenvalue weighted by Crippen LogP contribution is 2.36. The summed E-state index contributed by atoms with van der Waals surface area (Å²) >= 11 is 0. The molecule has 1 aromatic heterocycles. The van der Waals surface area contributed by atoms with Gasteiger partial charge in [-0.25, -0.2) is 4.68 Å². The molecular weight excluding hydrogens is 386 g/mol. The van der Waals surface area contributed by atoms with Gasteiger partial charge in [0, 0.05) is 5.56 Å². The molecule has 1 heterocycles. The molecule has 0 aliphatic rings. The van der Waals surface area contributed by atoms with Crippen molar-refractivity contribution in [1.82, 2.24) is 20.3 Å². The highest BCUT2D eigenvalue weighted by molar-refractivity contribution is 5.94.